The number of non-ortho nitro benzene ring substituents is 1. The van der Waals surface area contributed by atoms with Crippen LogP contribution in [-0.2, 0) is 4.74 Å². The smallest absolute Gasteiger partial charge is 0.412 e. The standard InChI is InChI=1S/C19H20ClN3O6/c1-19(2,3)29-18(25)22-15-9-11(5-8-16(15)28-4)21-17(24)13-7-6-12(23(26)27)10-14(13)20/h5-10H,1-4H3,(H,21,24)(H,22,25). The van der Waals surface area contributed by atoms with E-state index in [-0.39, 0.29) is 22.0 Å². The minimum absolute atomic E-state index is 0.0580. The molecular weight excluding hydrogens is 402 g/mol. The van der Waals surface area contributed by atoms with Gasteiger partial charge in [0.2, 0.25) is 0 Å². The first-order chi connectivity index (χ1) is 13.5. The van der Waals surface area contributed by atoms with Crippen molar-refractivity contribution in [3.63, 3.8) is 0 Å². The Morgan fingerprint density at radius 1 is 1.10 bits per heavy atom. The fourth-order valence-electron chi connectivity index (χ4n) is 2.30. The van der Waals surface area contributed by atoms with E-state index in [4.69, 9.17) is 21.1 Å². The van der Waals surface area contributed by atoms with Crippen LogP contribution in [0.1, 0.15) is 31.1 Å². The minimum atomic E-state index is -0.685. The van der Waals surface area contributed by atoms with E-state index < -0.39 is 22.5 Å². The molecule has 10 heteroatoms. The Morgan fingerprint density at radius 3 is 2.34 bits per heavy atom. The summed E-state index contributed by atoms with van der Waals surface area (Å²) >= 11 is 5.99. The van der Waals surface area contributed by atoms with Crippen molar-refractivity contribution in [2.24, 2.45) is 0 Å². The fraction of sp³-hybridized carbons (Fsp3) is 0.263. The summed E-state index contributed by atoms with van der Waals surface area (Å²) in [5, 5.41) is 15.9. The van der Waals surface area contributed by atoms with E-state index >= 15 is 0 Å². The largest absolute Gasteiger partial charge is 0.495 e. The number of nitro groups is 1. The van der Waals surface area contributed by atoms with Crippen LogP contribution in [0.25, 0.3) is 0 Å². The van der Waals surface area contributed by atoms with Crippen LogP contribution < -0.4 is 15.4 Å². The zero-order valence-corrected chi connectivity index (χ0v) is 17.0. The van der Waals surface area contributed by atoms with Crippen molar-refractivity contribution in [1.82, 2.24) is 0 Å². The van der Waals surface area contributed by atoms with Crippen molar-refractivity contribution in [2.45, 2.75) is 26.4 Å². The first kappa shape index (κ1) is 22.0. The lowest BCUT2D eigenvalue weighted by atomic mass is 10.1. The molecule has 0 unspecified atom stereocenters. The Balaban J connectivity index is 2.22. The van der Waals surface area contributed by atoms with Crippen LogP contribution in [0.4, 0.5) is 21.9 Å². The van der Waals surface area contributed by atoms with E-state index in [1.807, 2.05) is 0 Å². The van der Waals surface area contributed by atoms with Crippen LogP contribution in [0.2, 0.25) is 5.02 Å². The Hall–Kier alpha value is -3.33. The maximum atomic E-state index is 12.5. The molecule has 0 bridgehead atoms. The molecule has 9 nitrogen and oxygen atoms in total. The number of hydrogen-bond donors (Lipinski definition) is 2. The lowest BCUT2D eigenvalue weighted by molar-refractivity contribution is -0.384. The van der Waals surface area contributed by atoms with E-state index in [2.05, 4.69) is 10.6 Å². The summed E-state index contributed by atoms with van der Waals surface area (Å²) in [6, 6.07) is 8.15. The molecule has 154 valence electrons. The zero-order valence-electron chi connectivity index (χ0n) is 16.2. The molecule has 0 radical (unpaired) electrons. The van der Waals surface area contributed by atoms with Gasteiger partial charge in [0.15, 0.2) is 0 Å². The number of benzene rings is 2. The number of anilines is 2. The molecule has 0 spiro atoms. The summed E-state index contributed by atoms with van der Waals surface area (Å²) in [4.78, 5) is 34.7. The average Bonchev–Trinajstić information content (AvgIpc) is 2.60. The molecule has 0 heterocycles. The molecule has 2 amide bonds. The molecule has 0 atom stereocenters. The van der Waals surface area contributed by atoms with E-state index in [9.17, 15) is 19.7 Å². The molecule has 2 aromatic carbocycles. The molecule has 0 aliphatic heterocycles. The molecule has 0 aliphatic rings. The number of ether oxygens (including phenoxy) is 2. The van der Waals surface area contributed by atoms with Gasteiger partial charge in [-0.25, -0.2) is 4.79 Å². The molecule has 2 aromatic rings. The van der Waals surface area contributed by atoms with Crippen molar-refractivity contribution >= 4 is 40.7 Å². The quantitative estimate of drug-likeness (QED) is 0.525. The van der Waals surface area contributed by atoms with Crippen molar-refractivity contribution in [3.05, 3.63) is 57.1 Å². The highest BCUT2D eigenvalue weighted by atomic mass is 35.5. The third kappa shape index (κ3) is 6.08. The molecular formula is C19H20ClN3O6. The number of nitrogens with zero attached hydrogens (tertiary/aromatic N) is 1. The van der Waals surface area contributed by atoms with Gasteiger partial charge in [-0.1, -0.05) is 11.6 Å². The van der Waals surface area contributed by atoms with Crippen molar-refractivity contribution < 1.29 is 24.0 Å². The molecule has 2 N–H and O–H groups in total. The number of carbonyl (C=O) groups excluding carboxylic acids is 2. The summed E-state index contributed by atoms with van der Waals surface area (Å²) in [5.74, 6) is -0.208. The maximum Gasteiger partial charge on any atom is 0.412 e. The van der Waals surface area contributed by atoms with Crippen LogP contribution in [-0.4, -0.2) is 29.6 Å². The topological polar surface area (TPSA) is 120 Å². The second-order valence-corrected chi connectivity index (χ2v) is 7.32. The van der Waals surface area contributed by atoms with Gasteiger partial charge in [-0.15, -0.1) is 0 Å². The van der Waals surface area contributed by atoms with E-state index in [1.165, 1.54) is 25.3 Å². The fourth-order valence-corrected chi connectivity index (χ4v) is 2.56. The van der Waals surface area contributed by atoms with Gasteiger partial charge in [0.25, 0.3) is 11.6 Å². The summed E-state index contributed by atoms with van der Waals surface area (Å²) in [6.45, 7) is 5.19. The molecule has 0 fully saturated rings. The molecule has 0 saturated carbocycles. The van der Waals surface area contributed by atoms with Crippen molar-refractivity contribution in [2.75, 3.05) is 17.7 Å². The van der Waals surface area contributed by atoms with Gasteiger partial charge in [0.1, 0.15) is 11.4 Å². The second-order valence-electron chi connectivity index (χ2n) is 6.92. The van der Waals surface area contributed by atoms with Crippen LogP contribution in [0.3, 0.4) is 0 Å². The van der Waals surface area contributed by atoms with Gasteiger partial charge >= 0.3 is 6.09 Å². The van der Waals surface area contributed by atoms with Crippen LogP contribution in [0, 0.1) is 10.1 Å². The third-order valence-corrected chi connectivity index (χ3v) is 3.81. The second kappa shape index (κ2) is 8.78. The minimum Gasteiger partial charge on any atom is -0.495 e. The molecule has 2 rings (SSSR count). The molecule has 0 aromatic heterocycles. The number of hydrogen-bond acceptors (Lipinski definition) is 6. The Morgan fingerprint density at radius 2 is 1.79 bits per heavy atom. The van der Waals surface area contributed by atoms with Crippen molar-refractivity contribution in [1.29, 1.82) is 0 Å². The molecule has 29 heavy (non-hydrogen) atoms. The monoisotopic (exact) mass is 421 g/mol. The normalized spacial score (nSPS) is 10.8. The summed E-state index contributed by atoms with van der Waals surface area (Å²) in [7, 11) is 1.44. The van der Waals surface area contributed by atoms with E-state index in [0.29, 0.717) is 11.4 Å². The Labute approximate surface area is 172 Å². The number of methoxy groups -OCH3 is 1. The Bertz CT molecular complexity index is 955. The average molecular weight is 422 g/mol. The van der Waals surface area contributed by atoms with E-state index in [1.54, 1.807) is 32.9 Å². The van der Waals surface area contributed by atoms with Gasteiger partial charge in [-0.05, 0) is 45.0 Å². The summed E-state index contributed by atoms with van der Waals surface area (Å²) < 4.78 is 10.4. The number of nitrogens with one attached hydrogen (secondary N) is 2. The number of halogens is 1. The highest BCUT2D eigenvalue weighted by molar-refractivity contribution is 6.34. The van der Waals surface area contributed by atoms with Crippen LogP contribution in [0.5, 0.6) is 5.75 Å². The summed E-state index contributed by atoms with van der Waals surface area (Å²) in [6.07, 6.45) is -0.683. The third-order valence-electron chi connectivity index (χ3n) is 3.50. The van der Waals surface area contributed by atoms with Gasteiger partial charge in [-0.2, -0.15) is 0 Å². The van der Waals surface area contributed by atoms with E-state index in [0.717, 1.165) is 6.07 Å². The number of nitro benzene ring substituents is 1. The zero-order chi connectivity index (χ0) is 21.8. The van der Waals surface area contributed by atoms with Gasteiger partial charge in [0, 0.05) is 17.8 Å². The first-order valence-electron chi connectivity index (χ1n) is 8.43. The predicted octanol–water partition coefficient (Wildman–Crippen LogP) is 4.86. The molecule has 0 saturated heterocycles. The highest BCUT2D eigenvalue weighted by Gasteiger charge is 2.19. The van der Waals surface area contributed by atoms with Crippen molar-refractivity contribution in [3.8, 4) is 5.75 Å². The highest BCUT2D eigenvalue weighted by Crippen LogP contribution is 2.29. The number of rotatable bonds is 5. The van der Waals surface area contributed by atoms with Crippen LogP contribution >= 0.6 is 11.6 Å². The number of amides is 2. The molecule has 0 aliphatic carbocycles. The van der Waals surface area contributed by atoms with Gasteiger partial charge < -0.3 is 14.8 Å². The summed E-state index contributed by atoms with van der Waals surface area (Å²) in [5.41, 5.74) is -0.212. The maximum absolute atomic E-state index is 12.5. The van der Waals surface area contributed by atoms with Crippen LogP contribution in [0.15, 0.2) is 36.4 Å². The lowest BCUT2D eigenvalue weighted by Gasteiger charge is -2.20. The van der Waals surface area contributed by atoms with Gasteiger partial charge in [0.05, 0.1) is 28.3 Å². The Kier molecular flexibility index (Phi) is 6.65. The van der Waals surface area contributed by atoms with Gasteiger partial charge in [-0.3, -0.25) is 20.2 Å². The predicted molar refractivity (Wildman–Crippen MR) is 109 cm³/mol. The lowest BCUT2D eigenvalue weighted by Crippen LogP contribution is -2.27. The SMILES string of the molecule is COc1ccc(NC(=O)c2ccc([N+](=O)[O-])cc2Cl)cc1NC(=O)OC(C)(C)C. The first-order valence-corrected chi connectivity index (χ1v) is 8.81. The number of carbonyl (C=O) groups is 2.